The van der Waals surface area contributed by atoms with Crippen LogP contribution < -0.4 is 5.32 Å². The molecule has 1 N–H and O–H groups in total. The highest BCUT2D eigenvalue weighted by atomic mass is 32.1. The minimum absolute atomic E-state index is 0.0587. The second kappa shape index (κ2) is 6.54. The molecule has 1 aliphatic heterocycles. The summed E-state index contributed by atoms with van der Waals surface area (Å²) < 4.78 is 13.8. The average Bonchev–Trinajstić information content (AvgIpc) is 3.17. The summed E-state index contributed by atoms with van der Waals surface area (Å²) in [5.74, 6) is -0.373. The van der Waals surface area contributed by atoms with Gasteiger partial charge in [0.15, 0.2) is 0 Å². The molecule has 1 aromatic carbocycles. The first kappa shape index (κ1) is 15.1. The highest BCUT2D eigenvalue weighted by Gasteiger charge is 2.30. The van der Waals surface area contributed by atoms with Gasteiger partial charge in [-0.1, -0.05) is 12.1 Å². The maximum atomic E-state index is 13.8. The molecule has 1 aliphatic rings. The highest BCUT2D eigenvalue weighted by Crippen LogP contribution is 2.27. The molecular weight excluding hydrogens is 301 g/mol. The van der Waals surface area contributed by atoms with Crippen molar-refractivity contribution in [3.8, 4) is 10.6 Å². The molecule has 0 aliphatic carbocycles. The number of carbonyl (C=O) groups excluding carboxylic acids is 1. The molecule has 3 rings (SSSR count). The normalized spacial score (nSPS) is 17.9. The van der Waals surface area contributed by atoms with Crippen LogP contribution in [-0.2, 0) is 0 Å². The number of amides is 1. The first-order valence-corrected chi connectivity index (χ1v) is 8.24. The molecule has 2 heterocycles. The number of hydrogen-bond acceptors (Lipinski definition) is 4. The van der Waals surface area contributed by atoms with Gasteiger partial charge < -0.3 is 10.2 Å². The van der Waals surface area contributed by atoms with Crippen molar-refractivity contribution in [2.45, 2.75) is 18.9 Å². The van der Waals surface area contributed by atoms with Crippen LogP contribution in [0.1, 0.15) is 23.3 Å². The van der Waals surface area contributed by atoms with Gasteiger partial charge in [-0.05, 0) is 32.0 Å². The molecule has 1 atom stereocenters. The van der Waals surface area contributed by atoms with Crippen LogP contribution in [0.5, 0.6) is 0 Å². The van der Waals surface area contributed by atoms with Crippen LogP contribution in [0.4, 0.5) is 4.39 Å². The quantitative estimate of drug-likeness (QED) is 0.942. The molecule has 0 spiro atoms. The van der Waals surface area contributed by atoms with E-state index in [1.165, 1.54) is 17.4 Å². The van der Waals surface area contributed by atoms with E-state index >= 15 is 0 Å². The first-order chi connectivity index (χ1) is 10.7. The number of nitrogens with zero attached hydrogens (tertiary/aromatic N) is 2. The third kappa shape index (κ3) is 2.89. The van der Waals surface area contributed by atoms with E-state index in [0.717, 1.165) is 25.9 Å². The predicted octanol–water partition coefficient (Wildman–Crippen LogP) is 2.77. The molecule has 116 valence electrons. The molecule has 4 nitrogen and oxygen atoms in total. The van der Waals surface area contributed by atoms with Crippen molar-refractivity contribution in [3.63, 3.8) is 0 Å². The lowest BCUT2D eigenvalue weighted by molar-refractivity contribution is 0.0732. The predicted molar refractivity (Wildman–Crippen MR) is 85.5 cm³/mol. The van der Waals surface area contributed by atoms with Crippen molar-refractivity contribution >= 4 is 17.2 Å². The number of benzene rings is 1. The van der Waals surface area contributed by atoms with E-state index in [-0.39, 0.29) is 17.8 Å². The fourth-order valence-electron chi connectivity index (χ4n) is 2.83. The maximum Gasteiger partial charge on any atom is 0.273 e. The fraction of sp³-hybridized carbons (Fsp3) is 0.375. The van der Waals surface area contributed by atoms with Gasteiger partial charge in [0, 0.05) is 30.1 Å². The average molecular weight is 319 g/mol. The van der Waals surface area contributed by atoms with Crippen LogP contribution in [0.3, 0.4) is 0 Å². The molecule has 0 bridgehead atoms. The third-order valence-electron chi connectivity index (χ3n) is 3.91. The SMILES string of the molecule is CNCC1CCCN1C(=O)c1csc(-c2ccccc2F)n1. The Hall–Kier alpha value is -1.79. The van der Waals surface area contributed by atoms with E-state index in [0.29, 0.717) is 16.3 Å². The van der Waals surface area contributed by atoms with E-state index in [2.05, 4.69) is 10.3 Å². The van der Waals surface area contributed by atoms with Gasteiger partial charge >= 0.3 is 0 Å². The van der Waals surface area contributed by atoms with E-state index in [1.54, 1.807) is 23.6 Å². The van der Waals surface area contributed by atoms with Crippen molar-refractivity contribution in [1.82, 2.24) is 15.2 Å². The Morgan fingerprint density at radius 3 is 3.09 bits per heavy atom. The van der Waals surface area contributed by atoms with Gasteiger partial charge in [-0.2, -0.15) is 0 Å². The Morgan fingerprint density at radius 2 is 2.32 bits per heavy atom. The smallest absolute Gasteiger partial charge is 0.273 e. The van der Waals surface area contributed by atoms with Crippen LogP contribution in [0.15, 0.2) is 29.6 Å². The zero-order chi connectivity index (χ0) is 15.5. The van der Waals surface area contributed by atoms with Gasteiger partial charge in [-0.25, -0.2) is 9.37 Å². The van der Waals surface area contributed by atoms with Crippen LogP contribution in [0, 0.1) is 5.82 Å². The summed E-state index contributed by atoms with van der Waals surface area (Å²) in [6.45, 7) is 1.55. The van der Waals surface area contributed by atoms with Crippen molar-refractivity contribution in [2.75, 3.05) is 20.1 Å². The summed E-state index contributed by atoms with van der Waals surface area (Å²) >= 11 is 1.30. The summed E-state index contributed by atoms with van der Waals surface area (Å²) in [6.07, 6.45) is 2.03. The number of nitrogens with one attached hydrogen (secondary N) is 1. The lowest BCUT2D eigenvalue weighted by Crippen LogP contribution is -2.40. The van der Waals surface area contributed by atoms with Crippen molar-refractivity contribution in [2.24, 2.45) is 0 Å². The molecular formula is C16H18FN3OS. The minimum atomic E-state index is -0.315. The van der Waals surface area contributed by atoms with Crippen molar-refractivity contribution < 1.29 is 9.18 Å². The Kier molecular flexibility index (Phi) is 4.49. The number of likely N-dealkylation sites (tertiary alicyclic amines) is 1. The molecule has 6 heteroatoms. The molecule has 1 saturated heterocycles. The van der Waals surface area contributed by atoms with Gasteiger partial charge in [0.2, 0.25) is 0 Å². The summed E-state index contributed by atoms with van der Waals surface area (Å²) in [5.41, 5.74) is 0.853. The zero-order valence-corrected chi connectivity index (χ0v) is 13.2. The van der Waals surface area contributed by atoms with Crippen molar-refractivity contribution in [1.29, 1.82) is 0 Å². The summed E-state index contributed by atoms with van der Waals surface area (Å²) in [5, 5.41) is 5.39. The lowest BCUT2D eigenvalue weighted by atomic mass is 10.2. The second-order valence-electron chi connectivity index (χ2n) is 5.37. The second-order valence-corrected chi connectivity index (χ2v) is 6.23. The highest BCUT2D eigenvalue weighted by molar-refractivity contribution is 7.13. The van der Waals surface area contributed by atoms with Crippen LogP contribution >= 0.6 is 11.3 Å². The van der Waals surface area contributed by atoms with Gasteiger partial charge in [-0.3, -0.25) is 4.79 Å². The molecule has 1 amide bonds. The number of likely N-dealkylation sites (N-methyl/N-ethyl adjacent to an activating group) is 1. The molecule has 1 aromatic heterocycles. The molecule has 2 aromatic rings. The largest absolute Gasteiger partial charge is 0.333 e. The summed E-state index contributed by atoms with van der Waals surface area (Å²) in [4.78, 5) is 18.8. The van der Waals surface area contributed by atoms with Crippen LogP contribution in [-0.4, -0.2) is 42.0 Å². The Bertz CT molecular complexity index is 673. The molecule has 1 unspecified atom stereocenters. The Labute approximate surface area is 133 Å². The van der Waals surface area contributed by atoms with E-state index in [1.807, 2.05) is 11.9 Å². The zero-order valence-electron chi connectivity index (χ0n) is 12.4. The monoisotopic (exact) mass is 319 g/mol. The molecule has 22 heavy (non-hydrogen) atoms. The van der Waals surface area contributed by atoms with Gasteiger partial charge in [0.25, 0.3) is 5.91 Å². The molecule has 1 fully saturated rings. The molecule has 0 saturated carbocycles. The minimum Gasteiger partial charge on any atom is -0.333 e. The van der Waals surface area contributed by atoms with E-state index in [4.69, 9.17) is 0 Å². The first-order valence-electron chi connectivity index (χ1n) is 7.36. The number of aromatic nitrogens is 1. The van der Waals surface area contributed by atoms with E-state index < -0.39 is 0 Å². The molecule has 0 radical (unpaired) electrons. The third-order valence-corrected chi connectivity index (χ3v) is 4.78. The van der Waals surface area contributed by atoms with Crippen molar-refractivity contribution in [3.05, 3.63) is 41.2 Å². The summed E-state index contributed by atoms with van der Waals surface area (Å²) in [6, 6.07) is 6.72. The van der Waals surface area contributed by atoms with Crippen LogP contribution in [0.25, 0.3) is 10.6 Å². The number of hydrogen-bond donors (Lipinski definition) is 1. The topological polar surface area (TPSA) is 45.2 Å². The van der Waals surface area contributed by atoms with Gasteiger partial charge in [0.05, 0.1) is 0 Å². The number of carbonyl (C=O) groups is 1. The fourth-order valence-corrected chi connectivity index (χ4v) is 3.65. The maximum absolute atomic E-state index is 13.8. The van der Waals surface area contributed by atoms with Gasteiger partial charge in [-0.15, -0.1) is 11.3 Å². The Morgan fingerprint density at radius 1 is 1.50 bits per heavy atom. The van der Waals surface area contributed by atoms with Gasteiger partial charge in [0.1, 0.15) is 16.5 Å². The Balaban J connectivity index is 1.82. The van der Waals surface area contributed by atoms with Crippen LogP contribution in [0.2, 0.25) is 0 Å². The number of halogens is 1. The lowest BCUT2D eigenvalue weighted by Gasteiger charge is -2.23. The number of rotatable bonds is 4. The van der Waals surface area contributed by atoms with E-state index in [9.17, 15) is 9.18 Å². The standard InChI is InChI=1S/C16H18FN3OS/c1-18-9-11-5-4-8-20(11)16(21)14-10-22-15(19-14)12-6-2-3-7-13(12)17/h2-3,6-7,10-11,18H,4-5,8-9H2,1H3. The summed E-state index contributed by atoms with van der Waals surface area (Å²) in [7, 11) is 1.89. The number of thiazole rings is 1.